The smallest absolute Gasteiger partial charge is 0.322 e. The van der Waals surface area contributed by atoms with E-state index >= 15 is 0 Å². The number of aromatic nitrogens is 3. The molecule has 1 heterocycles. The fraction of sp³-hybridized carbons (Fsp3) is 0.0909. The second-order valence-corrected chi connectivity index (χ2v) is 3.44. The first-order valence-electron chi connectivity index (χ1n) is 5.14. The van der Waals surface area contributed by atoms with Gasteiger partial charge in [0.2, 0.25) is 11.9 Å². The number of anilines is 3. The van der Waals surface area contributed by atoms with Gasteiger partial charge in [-0.3, -0.25) is 0 Å². The van der Waals surface area contributed by atoms with Gasteiger partial charge in [-0.15, -0.1) is 0 Å². The van der Waals surface area contributed by atoms with E-state index in [2.05, 4.69) is 20.3 Å². The number of nitrogens with one attached hydrogen (secondary N) is 1. The molecule has 0 fully saturated rings. The Morgan fingerprint density at radius 2 is 2.16 bits per heavy atom. The maximum absolute atomic E-state index is 13.2. The zero-order chi connectivity index (χ0) is 13.8. The number of nitrogens with zero attached hydrogens (tertiary/aromatic N) is 4. The molecule has 0 amide bonds. The first-order valence-corrected chi connectivity index (χ1v) is 5.14. The maximum atomic E-state index is 13.2. The summed E-state index contributed by atoms with van der Waals surface area (Å²) in [6.07, 6.45) is 0. The number of benzene rings is 1. The molecule has 0 aliphatic heterocycles. The molecule has 0 unspecified atom stereocenters. The lowest BCUT2D eigenvalue weighted by Crippen LogP contribution is -2.05. The van der Waals surface area contributed by atoms with Gasteiger partial charge >= 0.3 is 6.01 Å². The van der Waals surface area contributed by atoms with E-state index in [1.807, 2.05) is 0 Å². The van der Waals surface area contributed by atoms with E-state index < -0.39 is 5.82 Å². The Kier molecular flexibility index (Phi) is 3.38. The largest absolute Gasteiger partial charge is 0.467 e. The molecule has 0 spiro atoms. The van der Waals surface area contributed by atoms with Crippen LogP contribution < -0.4 is 15.8 Å². The molecule has 96 valence electrons. The highest BCUT2D eigenvalue weighted by molar-refractivity contribution is 5.57. The number of rotatable bonds is 3. The standard InChI is InChI=1S/C11H9FN6O/c1-19-11-17-9(14)16-10(18-11)15-7-2-3-8(12)6(4-7)5-13/h2-4H,1H3,(H3,14,15,16,17,18). The summed E-state index contributed by atoms with van der Waals surface area (Å²) >= 11 is 0. The minimum absolute atomic E-state index is 0.0167. The van der Waals surface area contributed by atoms with Crippen LogP contribution in [-0.4, -0.2) is 22.1 Å². The van der Waals surface area contributed by atoms with Crippen molar-refractivity contribution < 1.29 is 9.13 Å². The summed E-state index contributed by atoms with van der Waals surface area (Å²) in [4.78, 5) is 11.5. The zero-order valence-corrected chi connectivity index (χ0v) is 9.88. The Morgan fingerprint density at radius 3 is 2.84 bits per heavy atom. The van der Waals surface area contributed by atoms with Crippen molar-refractivity contribution >= 4 is 17.6 Å². The summed E-state index contributed by atoms with van der Waals surface area (Å²) in [6.45, 7) is 0. The molecule has 1 aromatic carbocycles. The lowest BCUT2D eigenvalue weighted by atomic mass is 10.2. The van der Waals surface area contributed by atoms with Crippen molar-refractivity contribution in [3.05, 3.63) is 29.6 Å². The summed E-state index contributed by atoms with van der Waals surface area (Å²) in [6, 6.07) is 5.74. The predicted molar refractivity (Wildman–Crippen MR) is 65.2 cm³/mol. The number of nitrogen functional groups attached to an aromatic ring is 1. The van der Waals surface area contributed by atoms with E-state index in [1.165, 1.54) is 25.3 Å². The highest BCUT2D eigenvalue weighted by Crippen LogP contribution is 2.18. The van der Waals surface area contributed by atoms with E-state index in [4.69, 9.17) is 15.7 Å². The van der Waals surface area contributed by atoms with Gasteiger partial charge in [-0.1, -0.05) is 0 Å². The number of halogens is 1. The Labute approximate surface area is 107 Å². The number of methoxy groups -OCH3 is 1. The van der Waals surface area contributed by atoms with Gasteiger partial charge < -0.3 is 15.8 Å². The fourth-order valence-corrected chi connectivity index (χ4v) is 1.34. The van der Waals surface area contributed by atoms with Gasteiger partial charge in [0.05, 0.1) is 12.7 Å². The van der Waals surface area contributed by atoms with Gasteiger partial charge in [0.15, 0.2) is 0 Å². The molecule has 0 aliphatic rings. The number of hydrogen-bond acceptors (Lipinski definition) is 7. The van der Waals surface area contributed by atoms with Crippen molar-refractivity contribution in [3.8, 4) is 12.1 Å². The fourth-order valence-electron chi connectivity index (χ4n) is 1.34. The third kappa shape index (κ3) is 2.84. The summed E-state index contributed by atoms with van der Waals surface area (Å²) in [5, 5.41) is 11.5. The van der Waals surface area contributed by atoms with Crippen LogP contribution in [0.1, 0.15) is 5.56 Å². The SMILES string of the molecule is COc1nc(N)nc(Nc2ccc(F)c(C#N)c2)n1. The van der Waals surface area contributed by atoms with Crippen LogP contribution in [0.25, 0.3) is 0 Å². The van der Waals surface area contributed by atoms with Gasteiger partial charge in [-0.05, 0) is 18.2 Å². The number of hydrogen-bond donors (Lipinski definition) is 2. The summed E-state index contributed by atoms with van der Waals surface area (Å²) in [7, 11) is 1.39. The molecule has 19 heavy (non-hydrogen) atoms. The minimum Gasteiger partial charge on any atom is -0.467 e. The first-order chi connectivity index (χ1) is 9.12. The van der Waals surface area contributed by atoms with Crippen LogP contribution in [0.4, 0.5) is 22.0 Å². The van der Waals surface area contributed by atoms with E-state index in [0.29, 0.717) is 5.69 Å². The predicted octanol–water partition coefficient (Wildman–Crippen LogP) is 1.22. The van der Waals surface area contributed by atoms with Crippen LogP contribution >= 0.6 is 0 Å². The van der Waals surface area contributed by atoms with Crippen LogP contribution in [0.15, 0.2) is 18.2 Å². The van der Waals surface area contributed by atoms with Crippen LogP contribution in [0.3, 0.4) is 0 Å². The summed E-state index contributed by atoms with van der Waals surface area (Å²) in [5.74, 6) is -0.474. The molecule has 1 aromatic heterocycles. The molecule has 0 saturated carbocycles. The third-order valence-electron chi connectivity index (χ3n) is 2.16. The molecule has 0 bridgehead atoms. The van der Waals surface area contributed by atoms with Crippen LogP contribution in [-0.2, 0) is 0 Å². The Hall–Kier alpha value is -2.95. The van der Waals surface area contributed by atoms with Crippen LogP contribution in [0.2, 0.25) is 0 Å². The van der Waals surface area contributed by atoms with Gasteiger partial charge in [-0.2, -0.15) is 20.2 Å². The van der Waals surface area contributed by atoms with Crippen molar-refractivity contribution in [2.45, 2.75) is 0 Å². The quantitative estimate of drug-likeness (QED) is 0.853. The summed E-state index contributed by atoms with van der Waals surface area (Å²) in [5.41, 5.74) is 5.84. The molecule has 3 N–H and O–H groups in total. The number of nitriles is 1. The van der Waals surface area contributed by atoms with Gasteiger partial charge in [0.1, 0.15) is 11.9 Å². The molecule has 0 atom stereocenters. The van der Waals surface area contributed by atoms with Crippen molar-refractivity contribution in [3.63, 3.8) is 0 Å². The van der Waals surface area contributed by atoms with Crippen molar-refractivity contribution in [1.82, 2.24) is 15.0 Å². The molecule has 8 heteroatoms. The van der Waals surface area contributed by atoms with E-state index in [9.17, 15) is 4.39 Å². The molecule has 2 aromatic rings. The number of nitrogens with two attached hydrogens (primary N) is 1. The van der Waals surface area contributed by atoms with E-state index in [1.54, 1.807) is 6.07 Å². The van der Waals surface area contributed by atoms with Crippen LogP contribution in [0.5, 0.6) is 6.01 Å². The van der Waals surface area contributed by atoms with Crippen LogP contribution in [0, 0.1) is 17.1 Å². The average molecular weight is 260 g/mol. The topological polar surface area (TPSA) is 110 Å². The van der Waals surface area contributed by atoms with Gasteiger partial charge in [0.25, 0.3) is 0 Å². The molecule has 0 saturated heterocycles. The van der Waals surface area contributed by atoms with Crippen molar-refractivity contribution in [2.24, 2.45) is 0 Å². The normalized spacial score (nSPS) is 9.74. The highest BCUT2D eigenvalue weighted by Gasteiger charge is 2.07. The third-order valence-corrected chi connectivity index (χ3v) is 2.16. The second-order valence-electron chi connectivity index (χ2n) is 3.44. The Balaban J connectivity index is 2.31. The second kappa shape index (κ2) is 5.14. The average Bonchev–Trinajstić information content (AvgIpc) is 2.40. The first kappa shape index (κ1) is 12.5. The molecule has 2 rings (SSSR count). The van der Waals surface area contributed by atoms with Crippen molar-refractivity contribution in [1.29, 1.82) is 5.26 Å². The minimum atomic E-state index is -0.596. The lowest BCUT2D eigenvalue weighted by Gasteiger charge is -2.06. The molecular formula is C11H9FN6O. The number of ether oxygens (including phenoxy) is 1. The van der Waals surface area contributed by atoms with Gasteiger partial charge in [0, 0.05) is 5.69 Å². The molecule has 7 nitrogen and oxygen atoms in total. The van der Waals surface area contributed by atoms with Crippen molar-refractivity contribution in [2.75, 3.05) is 18.2 Å². The molecular weight excluding hydrogens is 251 g/mol. The monoisotopic (exact) mass is 260 g/mol. The lowest BCUT2D eigenvalue weighted by molar-refractivity contribution is 0.380. The zero-order valence-electron chi connectivity index (χ0n) is 9.88. The molecule has 0 radical (unpaired) electrons. The van der Waals surface area contributed by atoms with Gasteiger partial charge in [-0.25, -0.2) is 4.39 Å². The maximum Gasteiger partial charge on any atom is 0.322 e. The Morgan fingerprint density at radius 1 is 1.37 bits per heavy atom. The Bertz CT molecular complexity index is 654. The molecule has 0 aliphatic carbocycles. The highest BCUT2D eigenvalue weighted by atomic mass is 19.1. The van der Waals surface area contributed by atoms with E-state index in [0.717, 1.165) is 0 Å². The summed E-state index contributed by atoms with van der Waals surface area (Å²) < 4.78 is 18.0. The van der Waals surface area contributed by atoms with E-state index in [-0.39, 0.29) is 23.5 Å².